The van der Waals surface area contributed by atoms with E-state index in [0.29, 0.717) is 0 Å². The maximum atomic E-state index is 13.5. The van der Waals surface area contributed by atoms with Crippen molar-refractivity contribution in [2.75, 3.05) is 12.4 Å². The molecule has 0 saturated carbocycles. The second-order valence-electron chi connectivity index (χ2n) is 3.09. The van der Waals surface area contributed by atoms with E-state index >= 15 is 0 Å². The first kappa shape index (κ1) is 13.3. The number of carbonyl (C=O) groups is 1. The third-order valence-electron chi connectivity index (χ3n) is 2.02. The number of hydrogen-bond acceptors (Lipinski definition) is 2. The van der Waals surface area contributed by atoms with Crippen molar-refractivity contribution < 1.29 is 18.3 Å². The van der Waals surface area contributed by atoms with Crippen LogP contribution in [0.15, 0.2) is 12.1 Å². The largest absolute Gasteiger partial charge is 0.372 e. The Hall–Kier alpha value is -0.760. The van der Waals surface area contributed by atoms with Crippen LogP contribution in [0.25, 0.3) is 0 Å². The standard InChI is InChI=1S/C10H10F2INO2/c1-5(16-2)10(15)14-7-4-3-6(11)9(13)8(7)12/h3-5H,1-2H3,(H,14,15). The average molecular weight is 341 g/mol. The van der Waals surface area contributed by atoms with Gasteiger partial charge in [-0.15, -0.1) is 0 Å². The molecule has 3 nitrogen and oxygen atoms in total. The molecule has 1 atom stereocenters. The predicted molar refractivity (Wildman–Crippen MR) is 64.2 cm³/mol. The Morgan fingerprint density at radius 3 is 2.69 bits per heavy atom. The minimum atomic E-state index is -0.780. The van der Waals surface area contributed by atoms with E-state index in [9.17, 15) is 13.6 Å². The number of amides is 1. The molecule has 1 rings (SSSR count). The zero-order chi connectivity index (χ0) is 12.3. The molecule has 0 saturated heterocycles. The molecule has 1 unspecified atom stereocenters. The van der Waals surface area contributed by atoms with E-state index in [-0.39, 0.29) is 9.26 Å². The highest BCUT2D eigenvalue weighted by molar-refractivity contribution is 14.1. The van der Waals surface area contributed by atoms with E-state index < -0.39 is 23.6 Å². The quantitative estimate of drug-likeness (QED) is 0.678. The fraction of sp³-hybridized carbons (Fsp3) is 0.300. The highest BCUT2D eigenvalue weighted by atomic mass is 127. The molecule has 0 spiro atoms. The van der Waals surface area contributed by atoms with Gasteiger partial charge in [-0.2, -0.15) is 0 Å². The molecule has 0 aliphatic carbocycles. The van der Waals surface area contributed by atoms with Crippen molar-refractivity contribution in [2.45, 2.75) is 13.0 Å². The van der Waals surface area contributed by atoms with Crippen molar-refractivity contribution in [3.05, 3.63) is 27.3 Å². The smallest absolute Gasteiger partial charge is 0.253 e. The van der Waals surface area contributed by atoms with Crippen LogP contribution in [-0.2, 0) is 9.53 Å². The van der Waals surface area contributed by atoms with E-state index in [0.717, 1.165) is 6.07 Å². The molecule has 6 heteroatoms. The van der Waals surface area contributed by atoms with Crippen molar-refractivity contribution >= 4 is 34.2 Å². The second-order valence-corrected chi connectivity index (χ2v) is 4.17. The summed E-state index contributed by atoms with van der Waals surface area (Å²) in [6.07, 6.45) is -0.692. The van der Waals surface area contributed by atoms with Gasteiger partial charge >= 0.3 is 0 Å². The maximum Gasteiger partial charge on any atom is 0.253 e. The zero-order valence-electron chi connectivity index (χ0n) is 8.68. The first-order chi connectivity index (χ1) is 7.47. The topological polar surface area (TPSA) is 38.3 Å². The van der Waals surface area contributed by atoms with Crippen molar-refractivity contribution in [1.29, 1.82) is 0 Å². The SMILES string of the molecule is COC(C)C(=O)Nc1ccc(F)c(I)c1F. The fourth-order valence-electron chi connectivity index (χ4n) is 0.964. The van der Waals surface area contributed by atoms with Gasteiger partial charge in [0.15, 0.2) is 5.82 Å². The van der Waals surface area contributed by atoms with E-state index in [1.54, 1.807) is 0 Å². The summed E-state index contributed by atoms with van der Waals surface area (Å²) in [7, 11) is 1.37. The van der Waals surface area contributed by atoms with E-state index in [1.807, 2.05) is 0 Å². The molecule has 0 aliphatic rings. The van der Waals surface area contributed by atoms with Gasteiger partial charge in [0.2, 0.25) is 0 Å². The summed E-state index contributed by atoms with van der Waals surface area (Å²) in [5.41, 5.74) is -0.0558. The molecule has 0 fully saturated rings. The average Bonchev–Trinajstić information content (AvgIpc) is 2.28. The van der Waals surface area contributed by atoms with Crippen LogP contribution < -0.4 is 5.32 Å². The van der Waals surface area contributed by atoms with E-state index in [2.05, 4.69) is 5.32 Å². The van der Waals surface area contributed by atoms with Gasteiger partial charge in [0.05, 0.1) is 9.26 Å². The van der Waals surface area contributed by atoms with Gasteiger partial charge in [0.1, 0.15) is 11.9 Å². The third-order valence-corrected chi connectivity index (χ3v) is 3.00. The van der Waals surface area contributed by atoms with Gasteiger partial charge in [-0.25, -0.2) is 8.78 Å². The molecule has 1 aromatic rings. The minimum Gasteiger partial charge on any atom is -0.372 e. The van der Waals surface area contributed by atoms with Gasteiger partial charge < -0.3 is 10.1 Å². The minimum absolute atomic E-state index is 0.0558. The van der Waals surface area contributed by atoms with Gasteiger partial charge in [-0.1, -0.05) is 0 Å². The Labute approximate surface area is 105 Å². The number of hydrogen-bond donors (Lipinski definition) is 1. The van der Waals surface area contributed by atoms with Crippen LogP contribution >= 0.6 is 22.6 Å². The highest BCUT2D eigenvalue weighted by Gasteiger charge is 2.16. The zero-order valence-corrected chi connectivity index (χ0v) is 10.8. The molecule has 88 valence electrons. The first-order valence-corrected chi connectivity index (χ1v) is 5.52. The lowest BCUT2D eigenvalue weighted by Crippen LogP contribution is -2.27. The monoisotopic (exact) mass is 341 g/mol. The van der Waals surface area contributed by atoms with Gasteiger partial charge in [-0.05, 0) is 41.6 Å². The number of halogens is 3. The lowest BCUT2D eigenvalue weighted by molar-refractivity contribution is -0.124. The summed E-state index contributed by atoms with van der Waals surface area (Å²) in [5, 5.41) is 2.32. The molecule has 0 bridgehead atoms. The van der Waals surface area contributed by atoms with Crippen LogP contribution in [0.3, 0.4) is 0 Å². The predicted octanol–water partition coefficient (Wildman–Crippen LogP) is 2.54. The summed E-state index contributed by atoms with van der Waals surface area (Å²) >= 11 is 1.54. The van der Waals surface area contributed by atoms with E-state index in [1.165, 1.54) is 42.7 Å². The fourth-order valence-corrected chi connectivity index (χ4v) is 1.43. The second kappa shape index (κ2) is 5.53. The number of anilines is 1. The van der Waals surface area contributed by atoms with E-state index in [4.69, 9.17) is 4.74 Å². The molecule has 16 heavy (non-hydrogen) atoms. The van der Waals surface area contributed by atoms with Crippen molar-refractivity contribution in [3.63, 3.8) is 0 Å². The normalized spacial score (nSPS) is 12.3. The number of benzene rings is 1. The number of nitrogens with one attached hydrogen (secondary N) is 1. The Morgan fingerprint density at radius 2 is 2.12 bits per heavy atom. The molecule has 1 N–H and O–H groups in total. The molecular weight excluding hydrogens is 331 g/mol. The number of carbonyl (C=O) groups excluding carboxylic acids is 1. The maximum absolute atomic E-state index is 13.5. The van der Waals surface area contributed by atoms with Gasteiger partial charge in [0, 0.05) is 7.11 Å². The summed E-state index contributed by atoms with van der Waals surface area (Å²) in [6.45, 7) is 1.53. The molecular formula is C10H10F2INO2. The summed E-state index contributed by atoms with van der Waals surface area (Å²) in [5.74, 6) is -1.92. The third kappa shape index (κ3) is 2.88. The summed E-state index contributed by atoms with van der Waals surface area (Å²) in [6, 6.07) is 2.27. The Bertz CT molecular complexity index is 412. The van der Waals surface area contributed by atoms with Crippen molar-refractivity contribution in [3.8, 4) is 0 Å². The van der Waals surface area contributed by atoms with Crippen LogP contribution in [0, 0.1) is 15.2 Å². The van der Waals surface area contributed by atoms with Crippen LogP contribution in [0.2, 0.25) is 0 Å². The Balaban J connectivity index is 2.91. The summed E-state index contributed by atoms with van der Waals surface area (Å²) < 4.78 is 31.0. The van der Waals surface area contributed by atoms with Gasteiger partial charge in [0.25, 0.3) is 5.91 Å². The molecule has 1 aromatic carbocycles. The number of methoxy groups -OCH3 is 1. The highest BCUT2D eigenvalue weighted by Crippen LogP contribution is 2.22. The van der Waals surface area contributed by atoms with Crippen LogP contribution in [0.5, 0.6) is 0 Å². The molecule has 1 amide bonds. The molecule has 0 aromatic heterocycles. The molecule has 0 radical (unpaired) electrons. The first-order valence-electron chi connectivity index (χ1n) is 4.44. The number of rotatable bonds is 3. The summed E-state index contributed by atoms with van der Waals surface area (Å²) in [4.78, 5) is 11.4. The molecule has 0 aliphatic heterocycles. The van der Waals surface area contributed by atoms with Gasteiger partial charge in [-0.3, -0.25) is 4.79 Å². The van der Waals surface area contributed by atoms with Crippen LogP contribution in [0.4, 0.5) is 14.5 Å². The number of ether oxygens (including phenoxy) is 1. The Kier molecular flexibility index (Phi) is 4.60. The van der Waals surface area contributed by atoms with Crippen LogP contribution in [0.1, 0.15) is 6.92 Å². The lowest BCUT2D eigenvalue weighted by Gasteiger charge is -2.11. The lowest BCUT2D eigenvalue weighted by atomic mass is 10.2. The van der Waals surface area contributed by atoms with Crippen LogP contribution in [-0.4, -0.2) is 19.1 Å². The van der Waals surface area contributed by atoms with Crippen molar-refractivity contribution in [1.82, 2.24) is 0 Å². The van der Waals surface area contributed by atoms with Crippen molar-refractivity contribution in [2.24, 2.45) is 0 Å². The Morgan fingerprint density at radius 1 is 1.50 bits per heavy atom. The molecule has 0 heterocycles.